The van der Waals surface area contributed by atoms with Crippen molar-refractivity contribution in [3.8, 4) is 0 Å². The second kappa shape index (κ2) is 6.04. The van der Waals surface area contributed by atoms with Gasteiger partial charge < -0.3 is 5.32 Å². The molecule has 0 atom stereocenters. The van der Waals surface area contributed by atoms with E-state index in [0.29, 0.717) is 5.41 Å². The third kappa shape index (κ3) is 3.34. The fourth-order valence-corrected chi connectivity index (χ4v) is 3.58. The van der Waals surface area contributed by atoms with Crippen molar-refractivity contribution in [3.05, 3.63) is 11.6 Å². The van der Waals surface area contributed by atoms with E-state index in [0.717, 1.165) is 5.92 Å². The van der Waals surface area contributed by atoms with Gasteiger partial charge in [0.2, 0.25) is 0 Å². The molecule has 0 aliphatic heterocycles. The predicted molar refractivity (Wildman–Crippen MR) is 75.2 cm³/mol. The van der Waals surface area contributed by atoms with Crippen LogP contribution in [0.1, 0.15) is 65.2 Å². The summed E-state index contributed by atoms with van der Waals surface area (Å²) in [7, 11) is 0. The van der Waals surface area contributed by atoms with Gasteiger partial charge in [-0.1, -0.05) is 38.3 Å². The van der Waals surface area contributed by atoms with E-state index < -0.39 is 0 Å². The Morgan fingerprint density at radius 1 is 1.18 bits per heavy atom. The lowest BCUT2D eigenvalue weighted by atomic mass is 9.74. The van der Waals surface area contributed by atoms with Gasteiger partial charge in [-0.2, -0.15) is 0 Å². The zero-order valence-electron chi connectivity index (χ0n) is 11.7. The fourth-order valence-electron chi connectivity index (χ4n) is 3.58. The quantitative estimate of drug-likeness (QED) is 0.701. The van der Waals surface area contributed by atoms with Crippen LogP contribution >= 0.6 is 0 Å². The fraction of sp³-hybridized carbons (Fsp3) is 0.875. The highest BCUT2D eigenvalue weighted by molar-refractivity contribution is 5.19. The van der Waals surface area contributed by atoms with Crippen molar-refractivity contribution in [1.29, 1.82) is 0 Å². The van der Waals surface area contributed by atoms with Crippen LogP contribution in [0.5, 0.6) is 0 Å². The Morgan fingerprint density at radius 3 is 2.53 bits per heavy atom. The van der Waals surface area contributed by atoms with E-state index in [2.05, 4.69) is 25.2 Å². The van der Waals surface area contributed by atoms with Crippen LogP contribution in [0.4, 0.5) is 0 Å². The van der Waals surface area contributed by atoms with E-state index in [1.54, 1.807) is 5.57 Å². The molecular weight excluding hydrogens is 206 g/mol. The number of rotatable bonds is 5. The molecule has 0 radical (unpaired) electrons. The van der Waals surface area contributed by atoms with E-state index in [1.807, 2.05) is 0 Å². The number of allylic oxidation sites excluding steroid dienone is 1. The van der Waals surface area contributed by atoms with Crippen LogP contribution in [-0.4, -0.2) is 13.1 Å². The van der Waals surface area contributed by atoms with Crippen molar-refractivity contribution in [2.24, 2.45) is 11.3 Å². The summed E-state index contributed by atoms with van der Waals surface area (Å²) in [4.78, 5) is 0. The summed E-state index contributed by atoms with van der Waals surface area (Å²) in [6.45, 7) is 7.01. The molecule has 1 fully saturated rings. The normalized spacial score (nSPS) is 24.1. The average Bonchev–Trinajstić information content (AvgIpc) is 2.80. The standard InChI is InChI=1S/C16H29N/c1-14(2)12-17-13-16(10-6-7-11-16)15-8-4-3-5-9-15/h8,14,17H,3-7,9-13H2,1-2H3. The van der Waals surface area contributed by atoms with Crippen molar-refractivity contribution in [2.75, 3.05) is 13.1 Å². The second-order valence-electron chi connectivity index (χ2n) is 6.49. The highest BCUT2D eigenvalue weighted by atomic mass is 14.9. The molecule has 0 saturated heterocycles. The molecule has 1 saturated carbocycles. The molecular formula is C16H29N. The summed E-state index contributed by atoms with van der Waals surface area (Å²) in [5.74, 6) is 0.772. The lowest BCUT2D eigenvalue weighted by Crippen LogP contribution is -2.36. The van der Waals surface area contributed by atoms with Gasteiger partial charge in [-0.25, -0.2) is 0 Å². The second-order valence-corrected chi connectivity index (χ2v) is 6.49. The van der Waals surface area contributed by atoms with Crippen LogP contribution in [0, 0.1) is 11.3 Å². The molecule has 0 spiro atoms. The Hall–Kier alpha value is -0.300. The molecule has 1 N–H and O–H groups in total. The minimum Gasteiger partial charge on any atom is -0.316 e. The molecule has 2 rings (SSSR count). The number of nitrogens with one attached hydrogen (secondary N) is 1. The average molecular weight is 235 g/mol. The maximum absolute atomic E-state index is 3.72. The zero-order chi connectivity index (χ0) is 12.1. The van der Waals surface area contributed by atoms with Gasteiger partial charge in [0.05, 0.1) is 0 Å². The monoisotopic (exact) mass is 235 g/mol. The third-order valence-electron chi connectivity index (χ3n) is 4.55. The van der Waals surface area contributed by atoms with E-state index in [-0.39, 0.29) is 0 Å². The first-order chi connectivity index (χ1) is 8.23. The molecule has 2 aliphatic rings. The van der Waals surface area contributed by atoms with Crippen molar-refractivity contribution >= 4 is 0 Å². The Bertz CT molecular complexity index is 259. The van der Waals surface area contributed by atoms with Crippen molar-refractivity contribution < 1.29 is 0 Å². The summed E-state index contributed by atoms with van der Waals surface area (Å²) >= 11 is 0. The molecule has 0 bridgehead atoms. The van der Waals surface area contributed by atoms with E-state index in [4.69, 9.17) is 0 Å². The first kappa shape index (κ1) is 13.1. The predicted octanol–water partition coefficient (Wildman–Crippen LogP) is 4.29. The highest BCUT2D eigenvalue weighted by Gasteiger charge is 2.36. The summed E-state index contributed by atoms with van der Waals surface area (Å²) < 4.78 is 0. The van der Waals surface area contributed by atoms with Gasteiger partial charge in [0, 0.05) is 12.0 Å². The van der Waals surface area contributed by atoms with Gasteiger partial charge in [-0.3, -0.25) is 0 Å². The van der Waals surface area contributed by atoms with Gasteiger partial charge >= 0.3 is 0 Å². The lowest BCUT2D eigenvalue weighted by Gasteiger charge is -2.35. The van der Waals surface area contributed by atoms with Gasteiger partial charge in [-0.05, 0) is 51.0 Å². The highest BCUT2D eigenvalue weighted by Crippen LogP contribution is 2.46. The molecule has 0 aromatic heterocycles. The smallest absolute Gasteiger partial charge is 0.00453 e. The van der Waals surface area contributed by atoms with Gasteiger partial charge in [-0.15, -0.1) is 0 Å². The topological polar surface area (TPSA) is 12.0 Å². The first-order valence-electron chi connectivity index (χ1n) is 7.63. The van der Waals surface area contributed by atoms with Crippen LogP contribution in [0.25, 0.3) is 0 Å². The molecule has 17 heavy (non-hydrogen) atoms. The summed E-state index contributed by atoms with van der Waals surface area (Å²) in [6, 6.07) is 0. The zero-order valence-corrected chi connectivity index (χ0v) is 11.7. The summed E-state index contributed by atoms with van der Waals surface area (Å²) in [6.07, 6.45) is 13.9. The lowest BCUT2D eigenvalue weighted by molar-refractivity contribution is 0.317. The SMILES string of the molecule is CC(C)CNCC1(C2=CCCCC2)CCCC1. The van der Waals surface area contributed by atoms with Gasteiger partial charge in [0.15, 0.2) is 0 Å². The molecule has 98 valence electrons. The molecule has 0 aromatic carbocycles. The largest absolute Gasteiger partial charge is 0.316 e. The molecule has 1 nitrogen and oxygen atoms in total. The van der Waals surface area contributed by atoms with E-state index in [9.17, 15) is 0 Å². The molecule has 0 unspecified atom stereocenters. The molecule has 2 aliphatic carbocycles. The Balaban J connectivity index is 1.96. The minimum atomic E-state index is 0.551. The Morgan fingerprint density at radius 2 is 1.94 bits per heavy atom. The summed E-state index contributed by atoms with van der Waals surface area (Å²) in [5, 5.41) is 3.72. The molecule has 1 heteroatoms. The third-order valence-corrected chi connectivity index (χ3v) is 4.55. The van der Waals surface area contributed by atoms with Gasteiger partial charge in [0.1, 0.15) is 0 Å². The van der Waals surface area contributed by atoms with Crippen molar-refractivity contribution in [2.45, 2.75) is 65.2 Å². The van der Waals surface area contributed by atoms with Gasteiger partial charge in [0.25, 0.3) is 0 Å². The van der Waals surface area contributed by atoms with Crippen LogP contribution < -0.4 is 5.32 Å². The van der Waals surface area contributed by atoms with Crippen LogP contribution in [0.3, 0.4) is 0 Å². The Kier molecular flexibility index (Phi) is 4.67. The maximum Gasteiger partial charge on any atom is 0.00453 e. The van der Waals surface area contributed by atoms with Crippen LogP contribution in [0.2, 0.25) is 0 Å². The van der Waals surface area contributed by atoms with E-state index in [1.165, 1.54) is 64.5 Å². The van der Waals surface area contributed by atoms with Crippen molar-refractivity contribution in [1.82, 2.24) is 5.32 Å². The maximum atomic E-state index is 3.72. The Labute approximate surface area is 107 Å². The first-order valence-corrected chi connectivity index (χ1v) is 7.63. The number of hydrogen-bond acceptors (Lipinski definition) is 1. The van der Waals surface area contributed by atoms with Crippen molar-refractivity contribution in [3.63, 3.8) is 0 Å². The number of hydrogen-bond donors (Lipinski definition) is 1. The minimum absolute atomic E-state index is 0.551. The van der Waals surface area contributed by atoms with E-state index >= 15 is 0 Å². The molecule has 0 aromatic rings. The van der Waals surface area contributed by atoms with Crippen LogP contribution in [-0.2, 0) is 0 Å². The molecule has 0 heterocycles. The molecule has 0 amide bonds. The summed E-state index contributed by atoms with van der Waals surface area (Å²) in [5.41, 5.74) is 2.35. The van der Waals surface area contributed by atoms with Crippen LogP contribution in [0.15, 0.2) is 11.6 Å².